The second kappa shape index (κ2) is 3.87. The summed E-state index contributed by atoms with van der Waals surface area (Å²) in [6, 6.07) is 6.07. The summed E-state index contributed by atoms with van der Waals surface area (Å²) in [6.07, 6.45) is 1.60. The van der Waals surface area contributed by atoms with Crippen molar-refractivity contribution in [2.24, 2.45) is 5.73 Å². The lowest BCUT2D eigenvalue weighted by Crippen LogP contribution is -2.21. The van der Waals surface area contributed by atoms with E-state index in [0.717, 1.165) is 5.56 Å². The van der Waals surface area contributed by atoms with Crippen LogP contribution in [0.5, 0.6) is 0 Å². The van der Waals surface area contributed by atoms with Crippen LogP contribution in [0.1, 0.15) is 17.2 Å². The van der Waals surface area contributed by atoms with Gasteiger partial charge in [0.15, 0.2) is 0 Å². The minimum absolute atomic E-state index is 0.588. The summed E-state index contributed by atoms with van der Waals surface area (Å²) in [6.45, 7) is 3.58. The average molecular weight is 177 g/mol. The van der Waals surface area contributed by atoms with E-state index < -0.39 is 12.0 Å². The molecule has 1 aromatic carbocycles. The number of nitrogens with two attached hydrogens (primary N) is 1. The molecular weight excluding hydrogens is 166 g/mol. The first-order chi connectivity index (χ1) is 6.16. The van der Waals surface area contributed by atoms with Crippen LogP contribution in [0.15, 0.2) is 30.8 Å². The molecule has 0 aliphatic carbocycles. The Morgan fingerprint density at radius 2 is 2.15 bits per heavy atom. The number of carboxylic acid groups (broad SMARTS) is 1. The summed E-state index contributed by atoms with van der Waals surface area (Å²) in [4.78, 5) is 10.6. The molecule has 13 heavy (non-hydrogen) atoms. The molecule has 0 bridgehead atoms. The Morgan fingerprint density at radius 3 is 2.69 bits per heavy atom. The highest BCUT2D eigenvalue weighted by molar-refractivity contribution is 5.77. The van der Waals surface area contributed by atoms with Crippen LogP contribution in [-0.2, 0) is 4.79 Å². The maximum absolute atomic E-state index is 10.6. The maximum Gasteiger partial charge on any atom is 0.325 e. The Labute approximate surface area is 76.5 Å². The molecule has 0 amide bonds. The van der Waals surface area contributed by atoms with Crippen molar-refractivity contribution in [1.82, 2.24) is 0 Å². The Kier molecular flexibility index (Phi) is 2.82. The number of aliphatic carboxylic acids is 1. The lowest BCUT2D eigenvalue weighted by molar-refractivity contribution is -0.138. The van der Waals surface area contributed by atoms with E-state index in [2.05, 4.69) is 6.58 Å². The van der Waals surface area contributed by atoms with Crippen molar-refractivity contribution in [1.29, 1.82) is 0 Å². The second-order valence-electron chi connectivity index (χ2n) is 2.65. The van der Waals surface area contributed by atoms with Gasteiger partial charge in [0, 0.05) is 0 Å². The van der Waals surface area contributed by atoms with Gasteiger partial charge in [-0.25, -0.2) is 0 Å². The molecule has 3 N–H and O–H groups in total. The number of carboxylic acids is 1. The lowest BCUT2D eigenvalue weighted by atomic mass is 10.0. The summed E-state index contributed by atoms with van der Waals surface area (Å²) in [5, 5.41) is 8.70. The largest absolute Gasteiger partial charge is 0.480 e. The van der Waals surface area contributed by atoms with E-state index in [9.17, 15) is 4.79 Å². The van der Waals surface area contributed by atoms with E-state index in [1.165, 1.54) is 0 Å². The Bertz CT molecular complexity index is 333. The summed E-state index contributed by atoms with van der Waals surface area (Å²) in [5.41, 5.74) is 6.82. The molecular formula is C10H11NO2. The molecule has 0 heterocycles. The van der Waals surface area contributed by atoms with Crippen LogP contribution < -0.4 is 5.73 Å². The van der Waals surface area contributed by atoms with Gasteiger partial charge >= 0.3 is 5.97 Å². The van der Waals surface area contributed by atoms with Crippen molar-refractivity contribution in [3.63, 3.8) is 0 Å². The number of carbonyl (C=O) groups is 1. The fraction of sp³-hybridized carbons (Fsp3) is 0.100. The zero-order chi connectivity index (χ0) is 9.84. The van der Waals surface area contributed by atoms with Crippen LogP contribution >= 0.6 is 0 Å². The summed E-state index contributed by atoms with van der Waals surface area (Å²) in [7, 11) is 0. The molecule has 1 rings (SSSR count). The molecule has 3 heteroatoms. The van der Waals surface area contributed by atoms with Crippen molar-refractivity contribution in [3.05, 3.63) is 42.0 Å². The maximum atomic E-state index is 10.6. The van der Waals surface area contributed by atoms with Gasteiger partial charge in [0.25, 0.3) is 0 Å². The molecule has 0 radical (unpaired) electrons. The first-order valence-corrected chi connectivity index (χ1v) is 3.86. The van der Waals surface area contributed by atoms with Crippen LogP contribution in [0, 0.1) is 0 Å². The summed E-state index contributed by atoms with van der Waals surface area (Å²) >= 11 is 0. The average Bonchev–Trinajstić information content (AvgIpc) is 2.16. The molecule has 1 atom stereocenters. The topological polar surface area (TPSA) is 63.3 Å². The third-order valence-electron chi connectivity index (χ3n) is 1.82. The highest BCUT2D eigenvalue weighted by Crippen LogP contribution is 2.16. The van der Waals surface area contributed by atoms with Crippen molar-refractivity contribution in [3.8, 4) is 0 Å². The normalized spacial score (nSPS) is 12.1. The van der Waals surface area contributed by atoms with Gasteiger partial charge < -0.3 is 10.8 Å². The SMILES string of the molecule is C=Cc1ccccc1[C@H](N)C(=O)O. The molecule has 0 aromatic heterocycles. The quantitative estimate of drug-likeness (QED) is 0.733. The van der Waals surface area contributed by atoms with Crippen LogP contribution in [0.25, 0.3) is 6.08 Å². The van der Waals surface area contributed by atoms with Crippen LogP contribution in [0.2, 0.25) is 0 Å². The van der Waals surface area contributed by atoms with Gasteiger partial charge in [-0.15, -0.1) is 0 Å². The highest BCUT2D eigenvalue weighted by Gasteiger charge is 2.15. The Balaban J connectivity index is 3.12. The molecule has 0 saturated carbocycles. The van der Waals surface area contributed by atoms with E-state index in [4.69, 9.17) is 10.8 Å². The fourth-order valence-corrected chi connectivity index (χ4v) is 1.11. The standard InChI is InChI=1S/C10H11NO2/c1-2-7-5-3-4-6-8(7)9(11)10(12)13/h2-6,9H,1,11H2,(H,12,13)/t9-/m0/s1. The minimum Gasteiger partial charge on any atom is -0.480 e. The predicted octanol–water partition coefficient (Wildman–Crippen LogP) is 1.41. The number of rotatable bonds is 3. The number of benzene rings is 1. The number of hydrogen-bond acceptors (Lipinski definition) is 2. The molecule has 0 saturated heterocycles. The van der Waals surface area contributed by atoms with Crippen LogP contribution in [-0.4, -0.2) is 11.1 Å². The first-order valence-electron chi connectivity index (χ1n) is 3.86. The van der Waals surface area contributed by atoms with Crippen molar-refractivity contribution < 1.29 is 9.90 Å². The van der Waals surface area contributed by atoms with Crippen LogP contribution in [0.4, 0.5) is 0 Å². The van der Waals surface area contributed by atoms with E-state index in [0.29, 0.717) is 5.56 Å². The molecule has 1 aromatic rings. The smallest absolute Gasteiger partial charge is 0.325 e. The molecule has 0 fully saturated rings. The monoisotopic (exact) mass is 177 g/mol. The van der Waals surface area contributed by atoms with Gasteiger partial charge in [0.1, 0.15) is 6.04 Å². The van der Waals surface area contributed by atoms with E-state index in [1.54, 1.807) is 24.3 Å². The molecule has 68 valence electrons. The summed E-state index contributed by atoms with van der Waals surface area (Å²) in [5.74, 6) is -1.03. The Morgan fingerprint density at radius 1 is 1.54 bits per heavy atom. The van der Waals surface area contributed by atoms with Crippen LogP contribution in [0.3, 0.4) is 0 Å². The van der Waals surface area contributed by atoms with Gasteiger partial charge in [-0.05, 0) is 11.1 Å². The molecule has 0 aliphatic rings. The highest BCUT2D eigenvalue weighted by atomic mass is 16.4. The van der Waals surface area contributed by atoms with Gasteiger partial charge in [-0.3, -0.25) is 4.79 Å². The first kappa shape index (κ1) is 9.48. The third kappa shape index (κ3) is 1.95. The van der Waals surface area contributed by atoms with Gasteiger partial charge in [-0.2, -0.15) is 0 Å². The van der Waals surface area contributed by atoms with Crippen molar-refractivity contribution in [2.75, 3.05) is 0 Å². The zero-order valence-electron chi connectivity index (χ0n) is 7.10. The van der Waals surface area contributed by atoms with Crippen molar-refractivity contribution >= 4 is 12.0 Å². The van der Waals surface area contributed by atoms with Gasteiger partial charge in [0.2, 0.25) is 0 Å². The Hall–Kier alpha value is -1.61. The molecule has 3 nitrogen and oxygen atoms in total. The van der Waals surface area contributed by atoms with Crippen molar-refractivity contribution in [2.45, 2.75) is 6.04 Å². The third-order valence-corrected chi connectivity index (χ3v) is 1.82. The number of hydrogen-bond donors (Lipinski definition) is 2. The molecule has 0 unspecified atom stereocenters. The minimum atomic E-state index is -1.03. The lowest BCUT2D eigenvalue weighted by Gasteiger charge is -2.09. The van der Waals surface area contributed by atoms with Gasteiger partial charge in [-0.1, -0.05) is 36.9 Å². The van der Waals surface area contributed by atoms with E-state index >= 15 is 0 Å². The fourth-order valence-electron chi connectivity index (χ4n) is 1.11. The van der Waals surface area contributed by atoms with Gasteiger partial charge in [0.05, 0.1) is 0 Å². The second-order valence-corrected chi connectivity index (χ2v) is 2.65. The van der Waals surface area contributed by atoms with E-state index in [1.807, 2.05) is 6.07 Å². The zero-order valence-corrected chi connectivity index (χ0v) is 7.10. The molecule has 0 spiro atoms. The summed E-state index contributed by atoms with van der Waals surface area (Å²) < 4.78 is 0. The molecule has 0 aliphatic heterocycles. The predicted molar refractivity (Wildman–Crippen MR) is 51.1 cm³/mol. The van der Waals surface area contributed by atoms with E-state index in [-0.39, 0.29) is 0 Å².